The van der Waals surface area contributed by atoms with Gasteiger partial charge in [0.25, 0.3) is 0 Å². The summed E-state index contributed by atoms with van der Waals surface area (Å²) in [6.07, 6.45) is 3.16. The van der Waals surface area contributed by atoms with Crippen LogP contribution >= 0.6 is 0 Å². The molecule has 1 heterocycles. The van der Waals surface area contributed by atoms with Crippen molar-refractivity contribution in [2.45, 2.75) is 0 Å². The Hall–Kier alpha value is -2.50. The Kier molecular flexibility index (Phi) is 3.93. The summed E-state index contributed by atoms with van der Waals surface area (Å²) in [5.41, 5.74) is 0.885. The normalized spacial score (nSPS) is 10.2. The molecule has 0 aliphatic heterocycles. The van der Waals surface area contributed by atoms with Crippen molar-refractivity contribution in [2.75, 3.05) is 21.3 Å². The second-order valence-electron chi connectivity index (χ2n) is 4.11. The predicted molar refractivity (Wildman–Crippen MR) is 72.7 cm³/mol. The maximum atomic E-state index is 12.5. The molecule has 6 heteroatoms. The molecule has 0 atom stereocenters. The number of carbonyl (C=O) groups is 1. The van der Waals surface area contributed by atoms with Gasteiger partial charge in [0.2, 0.25) is 5.75 Å². The lowest BCUT2D eigenvalue weighted by atomic mass is 10.0. The number of rotatable bonds is 5. The second kappa shape index (κ2) is 5.64. The number of carbonyl (C=O) groups excluding carboxylic acids is 1. The van der Waals surface area contributed by atoms with Gasteiger partial charge in [-0.2, -0.15) is 5.10 Å². The maximum Gasteiger partial charge on any atom is 0.204 e. The van der Waals surface area contributed by atoms with E-state index in [0.717, 1.165) is 0 Å². The highest BCUT2D eigenvalue weighted by Crippen LogP contribution is 2.40. The summed E-state index contributed by atoms with van der Waals surface area (Å²) in [7, 11) is 6.26. The molecule has 0 spiro atoms. The monoisotopic (exact) mass is 276 g/mol. The molecule has 0 aliphatic carbocycles. The highest BCUT2D eigenvalue weighted by atomic mass is 16.5. The fraction of sp³-hybridized carbons (Fsp3) is 0.286. The summed E-state index contributed by atoms with van der Waals surface area (Å²) in [5, 5.41) is 3.99. The third-order valence-corrected chi connectivity index (χ3v) is 2.92. The molecule has 0 bridgehead atoms. The van der Waals surface area contributed by atoms with Crippen molar-refractivity contribution in [3.05, 3.63) is 35.7 Å². The van der Waals surface area contributed by atoms with Gasteiger partial charge in [0.1, 0.15) is 0 Å². The van der Waals surface area contributed by atoms with Crippen LogP contribution in [0.4, 0.5) is 0 Å². The summed E-state index contributed by atoms with van der Waals surface area (Å²) < 4.78 is 17.3. The van der Waals surface area contributed by atoms with Crippen molar-refractivity contribution in [1.82, 2.24) is 9.78 Å². The zero-order valence-corrected chi connectivity index (χ0v) is 11.8. The Morgan fingerprint density at radius 3 is 2.30 bits per heavy atom. The Labute approximate surface area is 116 Å². The van der Waals surface area contributed by atoms with E-state index in [9.17, 15) is 4.79 Å². The lowest BCUT2D eigenvalue weighted by molar-refractivity contribution is 0.103. The van der Waals surface area contributed by atoms with Crippen LogP contribution in [0.5, 0.6) is 17.2 Å². The van der Waals surface area contributed by atoms with E-state index in [1.54, 1.807) is 30.1 Å². The molecule has 1 aromatic heterocycles. The van der Waals surface area contributed by atoms with Gasteiger partial charge < -0.3 is 14.2 Å². The summed E-state index contributed by atoms with van der Waals surface area (Å²) in [4.78, 5) is 12.5. The molecule has 0 fully saturated rings. The van der Waals surface area contributed by atoms with Gasteiger partial charge in [-0.15, -0.1) is 0 Å². The molecule has 1 aromatic carbocycles. The van der Waals surface area contributed by atoms with Crippen LogP contribution in [0, 0.1) is 0 Å². The van der Waals surface area contributed by atoms with Gasteiger partial charge in [-0.1, -0.05) is 0 Å². The quantitative estimate of drug-likeness (QED) is 0.777. The molecule has 0 radical (unpaired) electrons. The van der Waals surface area contributed by atoms with E-state index in [0.29, 0.717) is 28.4 Å². The minimum atomic E-state index is -0.184. The highest BCUT2D eigenvalue weighted by Gasteiger charge is 2.22. The average Bonchev–Trinajstić information content (AvgIpc) is 2.91. The number of ketones is 1. The van der Waals surface area contributed by atoms with Gasteiger partial charge >= 0.3 is 0 Å². The standard InChI is InChI=1S/C14H16N2O4/c1-16-8-9(7-15-16)12(17)10-5-6-11(18-2)14(20-4)13(10)19-3/h5-8H,1-4H3. The smallest absolute Gasteiger partial charge is 0.204 e. The van der Waals surface area contributed by atoms with Crippen LogP contribution in [-0.2, 0) is 7.05 Å². The molecule has 0 N–H and O–H groups in total. The van der Waals surface area contributed by atoms with Crippen LogP contribution in [0.2, 0.25) is 0 Å². The second-order valence-corrected chi connectivity index (χ2v) is 4.11. The van der Waals surface area contributed by atoms with Gasteiger partial charge in [0, 0.05) is 13.2 Å². The van der Waals surface area contributed by atoms with E-state index in [1.807, 2.05) is 0 Å². The molecule has 0 aliphatic rings. The van der Waals surface area contributed by atoms with E-state index >= 15 is 0 Å². The summed E-state index contributed by atoms with van der Waals surface area (Å²) in [5.74, 6) is 1.06. The zero-order chi connectivity index (χ0) is 14.7. The Balaban J connectivity index is 2.54. The first-order chi connectivity index (χ1) is 9.62. The van der Waals surface area contributed by atoms with E-state index in [-0.39, 0.29) is 5.78 Å². The van der Waals surface area contributed by atoms with Crippen molar-refractivity contribution >= 4 is 5.78 Å². The van der Waals surface area contributed by atoms with Crippen molar-refractivity contribution in [2.24, 2.45) is 7.05 Å². The van der Waals surface area contributed by atoms with Crippen LogP contribution in [0.3, 0.4) is 0 Å². The summed E-state index contributed by atoms with van der Waals surface area (Å²) in [6.45, 7) is 0. The molecule has 2 aromatic rings. The summed E-state index contributed by atoms with van der Waals surface area (Å²) >= 11 is 0. The Morgan fingerprint density at radius 2 is 1.80 bits per heavy atom. The van der Waals surface area contributed by atoms with Crippen LogP contribution in [0.1, 0.15) is 15.9 Å². The molecule has 0 amide bonds. The molecule has 2 rings (SSSR count). The maximum absolute atomic E-state index is 12.5. The first kappa shape index (κ1) is 13.9. The largest absolute Gasteiger partial charge is 0.493 e. The number of methoxy groups -OCH3 is 3. The topological polar surface area (TPSA) is 62.6 Å². The number of aromatic nitrogens is 2. The molecule has 20 heavy (non-hydrogen) atoms. The van der Waals surface area contributed by atoms with Crippen LogP contribution in [-0.4, -0.2) is 36.9 Å². The van der Waals surface area contributed by atoms with E-state index in [1.165, 1.54) is 27.5 Å². The molecule has 0 saturated heterocycles. The Bertz CT molecular complexity index is 634. The molecular formula is C14H16N2O4. The number of aryl methyl sites for hydroxylation is 1. The molecule has 0 saturated carbocycles. The molecule has 6 nitrogen and oxygen atoms in total. The van der Waals surface area contributed by atoms with Crippen molar-refractivity contribution < 1.29 is 19.0 Å². The first-order valence-corrected chi connectivity index (χ1v) is 5.94. The lowest BCUT2D eigenvalue weighted by Crippen LogP contribution is -2.05. The van der Waals surface area contributed by atoms with Crippen LogP contribution < -0.4 is 14.2 Å². The van der Waals surface area contributed by atoms with Gasteiger partial charge in [-0.3, -0.25) is 9.48 Å². The van der Waals surface area contributed by atoms with Crippen molar-refractivity contribution in [3.63, 3.8) is 0 Å². The zero-order valence-electron chi connectivity index (χ0n) is 11.8. The van der Waals surface area contributed by atoms with Gasteiger partial charge in [-0.05, 0) is 12.1 Å². The van der Waals surface area contributed by atoms with Crippen molar-refractivity contribution in [3.8, 4) is 17.2 Å². The third-order valence-electron chi connectivity index (χ3n) is 2.92. The third kappa shape index (κ3) is 2.32. The predicted octanol–water partition coefficient (Wildman–Crippen LogP) is 1.68. The van der Waals surface area contributed by atoms with Crippen LogP contribution in [0.25, 0.3) is 0 Å². The van der Waals surface area contributed by atoms with Gasteiger partial charge in [0.05, 0.1) is 38.7 Å². The fourth-order valence-electron chi connectivity index (χ4n) is 1.97. The fourth-order valence-corrected chi connectivity index (χ4v) is 1.97. The molecule has 106 valence electrons. The number of benzene rings is 1. The average molecular weight is 276 g/mol. The number of nitrogens with zero attached hydrogens (tertiary/aromatic N) is 2. The van der Waals surface area contributed by atoms with E-state index in [4.69, 9.17) is 14.2 Å². The number of ether oxygens (including phenoxy) is 3. The highest BCUT2D eigenvalue weighted by molar-refractivity contribution is 6.11. The Morgan fingerprint density at radius 1 is 1.10 bits per heavy atom. The van der Waals surface area contributed by atoms with Gasteiger partial charge in [0.15, 0.2) is 17.3 Å². The van der Waals surface area contributed by atoms with E-state index < -0.39 is 0 Å². The summed E-state index contributed by atoms with van der Waals surface area (Å²) in [6, 6.07) is 3.32. The SMILES string of the molecule is COc1ccc(C(=O)c2cnn(C)c2)c(OC)c1OC. The minimum absolute atomic E-state index is 0.184. The lowest BCUT2D eigenvalue weighted by Gasteiger charge is -2.14. The first-order valence-electron chi connectivity index (χ1n) is 5.94. The van der Waals surface area contributed by atoms with E-state index in [2.05, 4.69) is 5.10 Å². The number of hydrogen-bond donors (Lipinski definition) is 0. The van der Waals surface area contributed by atoms with Gasteiger partial charge in [-0.25, -0.2) is 0 Å². The van der Waals surface area contributed by atoms with Crippen molar-refractivity contribution in [1.29, 1.82) is 0 Å². The number of hydrogen-bond acceptors (Lipinski definition) is 5. The molecular weight excluding hydrogens is 260 g/mol. The molecule has 0 unspecified atom stereocenters. The minimum Gasteiger partial charge on any atom is -0.493 e. The van der Waals surface area contributed by atoms with Crippen LogP contribution in [0.15, 0.2) is 24.5 Å².